The Bertz CT molecular complexity index is 1650. The Morgan fingerprint density at radius 2 is 1.45 bits per heavy atom. The molecule has 0 N–H and O–H groups in total. The second kappa shape index (κ2) is 10.5. The summed E-state index contributed by atoms with van der Waals surface area (Å²) in [6.45, 7) is 14.8. The van der Waals surface area contributed by atoms with Gasteiger partial charge in [-0.2, -0.15) is 9.83 Å². The average Bonchev–Trinajstić information content (AvgIpc) is 3.51. The molecule has 208 valence electrons. The highest BCUT2D eigenvalue weighted by Crippen LogP contribution is 2.43. The van der Waals surface area contributed by atoms with Gasteiger partial charge in [-0.25, -0.2) is 13.3 Å². The molecule has 0 saturated heterocycles. The molecule has 1 aliphatic rings. The lowest BCUT2D eigenvalue weighted by molar-refractivity contribution is -0.633. The van der Waals surface area contributed by atoms with Gasteiger partial charge in [-0.1, -0.05) is 52.7 Å². The largest absolute Gasteiger partial charge is 0.298 e. The summed E-state index contributed by atoms with van der Waals surface area (Å²) >= 11 is 0. The highest BCUT2D eigenvalue weighted by Gasteiger charge is 2.35. The van der Waals surface area contributed by atoms with Crippen LogP contribution in [0.15, 0.2) is 30.3 Å². The molecular weight excluding hydrogens is 500 g/mol. The number of aromatic nitrogens is 2. The van der Waals surface area contributed by atoms with E-state index in [1.54, 1.807) is 13.0 Å². The molecule has 1 aromatic heterocycles. The lowest BCUT2D eigenvalue weighted by Crippen LogP contribution is -2.31. The maximum Gasteiger partial charge on any atom is 0.298 e. The number of fused-ring (bicyclic) bond motifs is 1. The number of nitriles is 1. The van der Waals surface area contributed by atoms with Crippen molar-refractivity contribution in [2.24, 2.45) is 7.05 Å². The van der Waals surface area contributed by atoms with E-state index in [9.17, 15) is 9.65 Å². The van der Waals surface area contributed by atoms with Gasteiger partial charge in [0, 0.05) is 11.1 Å². The van der Waals surface area contributed by atoms with Gasteiger partial charge in [0.2, 0.25) is 0 Å². The van der Waals surface area contributed by atoms with Crippen LogP contribution in [0.3, 0.4) is 0 Å². The summed E-state index contributed by atoms with van der Waals surface area (Å²) in [5.41, 5.74) is 9.32. The molecule has 0 radical (unpaired) electrons. The third-order valence-electron chi connectivity index (χ3n) is 8.96. The zero-order chi connectivity index (χ0) is 29.0. The molecule has 5 rings (SSSR count). The number of imidazole rings is 1. The van der Waals surface area contributed by atoms with Crippen molar-refractivity contribution in [3.63, 3.8) is 0 Å². The fraction of sp³-hybridized carbons (Fsp3) is 0.429. The highest BCUT2D eigenvalue weighted by atomic mass is 19.1. The van der Waals surface area contributed by atoms with Gasteiger partial charge in [-0.3, -0.25) is 0 Å². The van der Waals surface area contributed by atoms with E-state index in [4.69, 9.17) is 0 Å². The van der Waals surface area contributed by atoms with E-state index in [2.05, 4.69) is 70.4 Å². The molecule has 0 spiro atoms. The van der Waals surface area contributed by atoms with E-state index in [0.717, 1.165) is 27.8 Å². The van der Waals surface area contributed by atoms with Crippen molar-refractivity contribution in [3.8, 4) is 23.1 Å². The molecule has 1 saturated carbocycles. The van der Waals surface area contributed by atoms with Crippen LogP contribution in [0.5, 0.6) is 0 Å². The predicted molar refractivity (Wildman–Crippen MR) is 158 cm³/mol. The SMILES string of the molecule is Cc1cc2c(cc1C)[n+](C)c(-c1c(C)cc(F)c(C#N)c1F)n2-c1c(C(C)C)cc(C2CCCC2)cc1C(C)C. The molecule has 3 nitrogen and oxygen atoms in total. The summed E-state index contributed by atoms with van der Waals surface area (Å²) in [5.74, 6) is -0.00253. The Kier molecular flexibility index (Phi) is 7.33. The highest BCUT2D eigenvalue weighted by molar-refractivity contribution is 5.83. The Morgan fingerprint density at radius 1 is 0.875 bits per heavy atom. The lowest BCUT2D eigenvalue weighted by atomic mass is 9.85. The Balaban J connectivity index is 2.00. The van der Waals surface area contributed by atoms with E-state index in [1.165, 1.54) is 48.4 Å². The van der Waals surface area contributed by atoms with Gasteiger partial charge < -0.3 is 0 Å². The summed E-state index contributed by atoms with van der Waals surface area (Å²) < 4.78 is 35.0. The van der Waals surface area contributed by atoms with Crippen LogP contribution in [-0.2, 0) is 7.05 Å². The van der Waals surface area contributed by atoms with Gasteiger partial charge in [-0.15, -0.1) is 0 Å². The number of benzene rings is 3. The van der Waals surface area contributed by atoms with Crippen LogP contribution >= 0.6 is 0 Å². The lowest BCUT2D eigenvalue weighted by Gasteiger charge is -2.22. The fourth-order valence-electron chi connectivity index (χ4n) is 6.57. The molecule has 1 aliphatic carbocycles. The van der Waals surface area contributed by atoms with Crippen molar-refractivity contribution in [1.29, 1.82) is 5.26 Å². The minimum Gasteiger partial charge on any atom is -0.225 e. The van der Waals surface area contributed by atoms with Crippen LogP contribution in [-0.4, -0.2) is 4.57 Å². The number of hydrogen-bond donors (Lipinski definition) is 0. The predicted octanol–water partition coefficient (Wildman–Crippen LogP) is 9.10. The summed E-state index contributed by atoms with van der Waals surface area (Å²) in [5, 5.41) is 9.65. The van der Waals surface area contributed by atoms with Crippen LogP contribution in [0, 0.1) is 43.7 Å². The van der Waals surface area contributed by atoms with E-state index in [1.807, 2.05) is 11.6 Å². The van der Waals surface area contributed by atoms with E-state index in [0.29, 0.717) is 17.3 Å². The molecular formula is C35H40F2N3+. The molecule has 5 heteroatoms. The monoisotopic (exact) mass is 540 g/mol. The zero-order valence-corrected chi connectivity index (χ0v) is 25.0. The standard InChI is InChI=1S/C35H40F2N3/c1-19(2)26-16-25(24-11-9-10-12-24)17-27(20(3)4)34(26)40-31-15-22(6)21(5)14-30(31)39(8)35(40)32-23(7)13-29(36)28(18-38)33(32)37/h13-17,19-20,24H,9-12H2,1-8H3/q+1. The molecule has 0 amide bonds. The molecule has 1 fully saturated rings. The molecule has 1 heterocycles. The third kappa shape index (κ3) is 4.42. The van der Waals surface area contributed by atoms with Crippen molar-refractivity contribution in [2.45, 2.75) is 91.9 Å². The van der Waals surface area contributed by atoms with Gasteiger partial charge in [0.1, 0.15) is 28.7 Å². The molecule has 0 atom stereocenters. The van der Waals surface area contributed by atoms with Gasteiger partial charge in [0.15, 0.2) is 16.9 Å². The van der Waals surface area contributed by atoms with Gasteiger partial charge in [-0.05, 0) is 91.8 Å². The molecule has 0 unspecified atom stereocenters. The summed E-state index contributed by atoms with van der Waals surface area (Å²) in [4.78, 5) is 0. The second-order valence-corrected chi connectivity index (χ2v) is 12.3. The minimum absolute atomic E-state index is 0.227. The summed E-state index contributed by atoms with van der Waals surface area (Å²) in [6, 6.07) is 12.1. The van der Waals surface area contributed by atoms with Crippen LogP contribution in [0.2, 0.25) is 0 Å². The van der Waals surface area contributed by atoms with Crippen molar-refractivity contribution in [1.82, 2.24) is 4.57 Å². The Hall–Kier alpha value is -3.52. The van der Waals surface area contributed by atoms with Crippen LogP contribution in [0.4, 0.5) is 8.78 Å². The zero-order valence-electron chi connectivity index (χ0n) is 25.0. The van der Waals surface area contributed by atoms with Gasteiger partial charge in [0.05, 0.1) is 7.05 Å². The molecule has 40 heavy (non-hydrogen) atoms. The van der Waals surface area contributed by atoms with E-state index in [-0.39, 0.29) is 17.4 Å². The first-order valence-electron chi connectivity index (χ1n) is 14.5. The first-order chi connectivity index (χ1) is 19.0. The normalized spacial score (nSPS) is 14.2. The second-order valence-electron chi connectivity index (χ2n) is 12.3. The first kappa shape index (κ1) is 28.0. The maximum atomic E-state index is 16.1. The quantitative estimate of drug-likeness (QED) is 0.232. The smallest absolute Gasteiger partial charge is 0.225 e. The van der Waals surface area contributed by atoms with Gasteiger partial charge >= 0.3 is 0 Å². The number of aryl methyl sites for hydroxylation is 4. The Morgan fingerprint density at radius 3 is 2.00 bits per heavy atom. The van der Waals surface area contributed by atoms with Gasteiger partial charge in [0.25, 0.3) is 5.82 Å². The van der Waals surface area contributed by atoms with Crippen molar-refractivity contribution in [3.05, 3.63) is 80.9 Å². The average molecular weight is 541 g/mol. The Labute approximate surface area is 237 Å². The molecule has 0 bridgehead atoms. The van der Waals surface area contributed by atoms with Crippen molar-refractivity contribution >= 4 is 11.0 Å². The summed E-state index contributed by atoms with van der Waals surface area (Å²) in [6.07, 6.45) is 4.98. The van der Waals surface area contributed by atoms with Crippen LogP contribution in [0.1, 0.15) is 110 Å². The number of rotatable bonds is 5. The minimum atomic E-state index is -0.829. The van der Waals surface area contributed by atoms with E-state index < -0.39 is 17.2 Å². The first-order valence-corrected chi connectivity index (χ1v) is 14.5. The van der Waals surface area contributed by atoms with Crippen molar-refractivity contribution < 1.29 is 13.3 Å². The topological polar surface area (TPSA) is 32.6 Å². The molecule has 4 aromatic rings. The fourth-order valence-corrected chi connectivity index (χ4v) is 6.57. The van der Waals surface area contributed by atoms with Crippen molar-refractivity contribution in [2.75, 3.05) is 0 Å². The van der Waals surface area contributed by atoms with E-state index >= 15 is 4.39 Å². The molecule has 0 aliphatic heterocycles. The number of nitrogens with zero attached hydrogens (tertiary/aromatic N) is 3. The van der Waals surface area contributed by atoms with Crippen LogP contribution < -0.4 is 4.57 Å². The third-order valence-corrected chi connectivity index (χ3v) is 8.96. The molecule has 3 aromatic carbocycles. The van der Waals surface area contributed by atoms with Crippen LogP contribution in [0.25, 0.3) is 28.1 Å². The number of halogens is 2. The summed E-state index contributed by atoms with van der Waals surface area (Å²) in [7, 11) is 1.94. The number of hydrogen-bond acceptors (Lipinski definition) is 1. The maximum absolute atomic E-state index is 16.1.